The van der Waals surface area contributed by atoms with E-state index in [1.807, 2.05) is 0 Å². The van der Waals surface area contributed by atoms with E-state index in [4.69, 9.17) is 9.84 Å². The van der Waals surface area contributed by atoms with Gasteiger partial charge in [0.1, 0.15) is 0 Å². The second-order valence-corrected chi connectivity index (χ2v) is 5.18. The topological polar surface area (TPSA) is 87.7 Å². The molecule has 0 saturated carbocycles. The monoisotopic (exact) mass is 286 g/mol. The average Bonchev–Trinajstić information content (AvgIpc) is 2.45. The number of amides is 2. The van der Waals surface area contributed by atoms with Crippen molar-refractivity contribution in [2.45, 2.75) is 57.5 Å². The van der Waals surface area contributed by atoms with Crippen molar-refractivity contribution in [1.82, 2.24) is 10.6 Å². The summed E-state index contributed by atoms with van der Waals surface area (Å²) in [4.78, 5) is 21.8. The van der Waals surface area contributed by atoms with Crippen molar-refractivity contribution in [3.63, 3.8) is 0 Å². The Balaban J connectivity index is 1.88. The molecule has 1 aliphatic heterocycles. The van der Waals surface area contributed by atoms with Gasteiger partial charge in [0.15, 0.2) is 0 Å². The van der Waals surface area contributed by atoms with Crippen LogP contribution in [0.15, 0.2) is 0 Å². The van der Waals surface area contributed by atoms with E-state index in [9.17, 15) is 9.59 Å². The van der Waals surface area contributed by atoms with Crippen LogP contribution in [0.2, 0.25) is 0 Å². The normalized spacial score (nSPS) is 18.5. The number of urea groups is 1. The molecule has 1 unspecified atom stereocenters. The Hall–Kier alpha value is -1.30. The summed E-state index contributed by atoms with van der Waals surface area (Å²) in [5, 5.41) is 14.1. The van der Waals surface area contributed by atoms with Crippen molar-refractivity contribution in [1.29, 1.82) is 0 Å². The zero-order chi connectivity index (χ0) is 14.6. The zero-order valence-electron chi connectivity index (χ0n) is 12.0. The summed E-state index contributed by atoms with van der Waals surface area (Å²) >= 11 is 0. The molecule has 6 heteroatoms. The van der Waals surface area contributed by atoms with Crippen molar-refractivity contribution >= 4 is 12.0 Å². The third kappa shape index (κ3) is 8.74. The zero-order valence-corrected chi connectivity index (χ0v) is 12.0. The molecule has 20 heavy (non-hydrogen) atoms. The molecule has 0 aliphatic carbocycles. The molecule has 3 N–H and O–H groups in total. The van der Waals surface area contributed by atoms with Crippen molar-refractivity contribution in [2.75, 3.05) is 19.7 Å². The summed E-state index contributed by atoms with van der Waals surface area (Å²) in [6.45, 7) is 2.00. The molecular formula is C14H26N2O4. The van der Waals surface area contributed by atoms with E-state index in [1.54, 1.807) is 0 Å². The summed E-state index contributed by atoms with van der Waals surface area (Å²) in [6, 6.07) is -0.148. The Morgan fingerprint density at radius 1 is 1.10 bits per heavy atom. The van der Waals surface area contributed by atoms with Gasteiger partial charge in [-0.1, -0.05) is 12.8 Å². The van der Waals surface area contributed by atoms with Crippen LogP contribution in [0, 0.1) is 0 Å². The van der Waals surface area contributed by atoms with Gasteiger partial charge in [0.2, 0.25) is 0 Å². The molecule has 0 radical (unpaired) electrons. The summed E-state index contributed by atoms with van der Waals surface area (Å²) in [5.41, 5.74) is 0. The number of carbonyl (C=O) groups excluding carboxylic acids is 1. The lowest BCUT2D eigenvalue weighted by atomic mass is 10.1. The first-order valence-electron chi connectivity index (χ1n) is 7.53. The molecule has 116 valence electrons. The molecule has 1 atom stereocenters. The van der Waals surface area contributed by atoms with Crippen molar-refractivity contribution in [3.05, 3.63) is 0 Å². The highest BCUT2D eigenvalue weighted by molar-refractivity contribution is 5.73. The number of aliphatic carboxylic acids is 1. The van der Waals surface area contributed by atoms with Crippen LogP contribution in [0.3, 0.4) is 0 Å². The van der Waals surface area contributed by atoms with Gasteiger partial charge in [-0.15, -0.1) is 0 Å². The molecule has 0 spiro atoms. The Labute approximate surface area is 120 Å². The SMILES string of the molecule is O=C(O)CCCCCCNC(=O)NCC1CCCCO1. The van der Waals surface area contributed by atoms with Crippen molar-refractivity contribution in [2.24, 2.45) is 0 Å². The van der Waals surface area contributed by atoms with Crippen LogP contribution in [0.25, 0.3) is 0 Å². The van der Waals surface area contributed by atoms with E-state index in [0.717, 1.165) is 38.7 Å². The Morgan fingerprint density at radius 2 is 1.90 bits per heavy atom. The largest absolute Gasteiger partial charge is 0.481 e. The van der Waals surface area contributed by atoms with E-state index in [-0.39, 0.29) is 18.6 Å². The van der Waals surface area contributed by atoms with Gasteiger partial charge in [0.25, 0.3) is 0 Å². The van der Waals surface area contributed by atoms with Crippen LogP contribution < -0.4 is 10.6 Å². The lowest BCUT2D eigenvalue weighted by molar-refractivity contribution is -0.137. The first-order valence-corrected chi connectivity index (χ1v) is 7.53. The maximum absolute atomic E-state index is 11.5. The Morgan fingerprint density at radius 3 is 2.60 bits per heavy atom. The highest BCUT2D eigenvalue weighted by atomic mass is 16.5. The number of carboxylic acids is 1. The van der Waals surface area contributed by atoms with E-state index in [1.165, 1.54) is 6.42 Å². The van der Waals surface area contributed by atoms with E-state index in [0.29, 0.717) is 19.5 Å². The van der Waals surface area contributed by atoms with Crippen LogP contribution in [0.5, 0.6) is 0 Å². The van der Waals surface area contributed by atoms with Gasteiger partial charge in [-0.05, 0) is 32.1 Å². The minimum Gasteiger partial charge on any atom is -0.481 e. The van der Waals surface area contributed by atoms with Gasteiger partial charge in [0.05, 0.1) is 6.10 Å². The quantitative estimate of drug-likeness (QED) is 0.565. The molecule has 1 fully saturated rings. The van der Waals surface area contributed by atoms with E-state index < -0.39 is 5.97 Å². The number of unbranched alkanes of at least 4 members (excludes halogenated alkanes) is 3. The second-order valence-electron chi connectivity index (χ2n) is 5.18. The van der Waals surface area contributed by atoms with Gasteiger partial charge in [-0.25, -0.2) is 4.79 Å². The predicted octanol–water partition coefficient (Wildman–Crippen LogP) is 1.89. The van der Waals surface area contributed by atoms with Crippen LogP contribution in [0.1, 0.15) is 51.4 Å². The minimum absolute atomic E-state index is 0.148. The van der Waals surface area contributed by atoms with Crippen LogP contribution in [0.4, 0.5) is 4.79 Å². The molecule has 6 nitrogen and oxygen atoms in total. The van der Waals surface area contributed by atoms with E-state index in [2.05, 4.69) is 10.6 Å². The summed E-state index contributed by atoms with van der Waals surface area (Å²) < 4.78 is 5.53. The fraction of sp³-hybridized carbons (Fsp3) is 0.857. The molecule has 1 rings (SSSR count). The first-order chi connectivity index (χ1) is 9.68. The molecular weight excluding hydrogens is 260 g/mol. The number of ether oxygens (including phenoxy) is 1. The van der Waals surface area contributed by atoms with Gasteiger partial charge < -0.3 is 20.5 Å². The molecule has 0 aromatic heterocycles. The number of carbonyl (C=O) groups is 2. The first kappa shape index (κ1) is 16.8. The van der Waals surface area contributed by atoms with Gasteiger partial charge in [-0.3, -0.25) is 4.79 Å². The van der Waals surface area contributed by atoms with Crippen LogP contribution in [-0.4, -0.2) is 42.9 Å². The number of rotatable bonds is 9. The van der Waals surface area contributed by atoms with E-state index >= 15 is 0 Å². The smallest absolute Gasteiger partial charge is 0.314 e. The molecule has 1 saturated heterocycles. The second kappa shape index (κ2) is 10.5. The summed E-state index contributed by atoms with van der Waals surface area (Å²) in [6.07, 6.45) is 7.12. The maximum atomic E-state index is 11.5. The number of nitrogens with one attached hydrogen (secondary N) is 2. The number of carboxylic acid groups (broad SMARTS) is 1. The van der Waals surface area contributed by atoms with Crippen molar-refractivity contribution in [3.8, 4) is 0 Å². The molecule has 1 aliphatic rings. The number of hydrogen-bond acceptors (Lipinski definition) is 3. The average molecular weight is 286 g/mol. The van der Waals surface area contributed by atoms with Gasteiger partial charge >= 0.3 is 12.0 Å². The third-order valence-electron chi connectivity index (χ3n) is 3.37. The predicted molar refractivity (Wildman–Crippen MR) is 75.7 cm³/mol. The molecule has 0 bridgehead atoms. The highest BCUT2D eigenvalue weighted by Crippen LogP contribution is 2.11. The fourth-order valence-corrected chi connectivity index (χ4v) is 2.19. The molecule has 0 aromatic carbocycles. The van der Waals surface area contributed by atoms with Crippen LogP contribution in [-0.2, 0) is 9.53 Å². The van der Waals surface area contributed by atoms with Gasteiger partial charge in [0, 0.05) is 26.1 Å². The van der Waals surface area contributed by atoms with Gasteiger partial charge in [-0.2, -0.15) is 0 Å². The van der Waals surface area contributed by atoms with Crippen molar-refractivity contribution < 1.29 is 19.4 Å². The fourth-order valence-electron chi connectivity index (χ4n) is 2.19. The minimum atomic E-state index is -0.743. The standard InChI is InChI=1S/C14H26N2O4/c17-13(18)8-3-1-2-5-9-15-14(19)16-11-12-7-4-6-10-20-12/h12H,1-11H2,(H,17,18)(H2,15,16,19). The lowest BCUT2D eigenvalue weighted by Gasteiger charge is -2.22. The molecule has 2 amide bonds. The molecule has 0 aromatic rings. The summed E-state index contributed by atoms with van der Waals surface area (Å²) in [7, 11) is 0. The Kier molecular flexibility index (Phi) is 8.78. The maximum Gasteiger partial charge on any atom is 0.314 e. The number of hydrogen-bond donors (Lipinski definition) is 3. The lowest BCUT2D eigenvalue weighted by Crippen LogP contribution is -2.41. The highest BCUT2D eigenvalue weighted by Gasteiger charge is 2.14. The Bertz CT molecular complexity index is 291. The molecule has 1 heterocycles. The summed E-state index contributed by atoms with van der Waals surface area (Å²) in [5.74, 6) is -0.743. The van der Waals surface area contributed by atoms with Crippen LogP contribution >= 0.6 is 0 Å². The third-order valence-corrected chi connectivity index (χ3v) is 3.37.